The summed E-state index contributed by atoms with van der Waals surface area (Å²) in [7, 11) is 0. The predicted octanol–water partition coefficient (Wildman–Crippen LogP) is 2.49. The minimum absolute atomic E-state index is 0.138. The largest absolute Gasteiger partial charge is 0.462 e. The van der Waals surface area contributed by atoms with Gasteiger partial charge in [-0.15, -0.1) is 0 Å². The van der Waals surface area contributed by atoms with Gasteiger partial charge in [0.05, 0.1) is 12.7 Å². The molecule has 0 amide bonds. The number of furan rings is 1. The second-order valence-electron chi connectivity index (χ2n) is 2.65. The number of hydrogen-bond donors (Lipinski definition) is 0. The van der Waals surface area contributed by atoms with Crippen LogP contribution < -0.4 is 0 Å². The van der Waals surface area contributed by atoms with Gasteiger partial charge in [-0.2, -0.15) is 0 Å². The first-order valence-electron chi connectivity index (χ1n) is 4.33. The fourth-order valence-electron chi connectivity index (χ4n) is 0.902. The third-order valence-electron chi connectivity index (χ3n) is 1.53. The SMILES string of the molecule is CCOC(=O)C(Br)=Cc1ccc([N+](=O)[O-])o1. The topological polar surface area (TPSA) is 82.6 Å². The number of carbonyl (C=O) groups is 1. The van der Waals surface area contributed by atoms with Crippen molar-refractivity contribution in [3.63, 3.8) is 0 Å². The van der Waals surface area contributed by atoms with E-state index >= 15 is 0 Å². The third-order valence-corrected chi connectivity index (χ3v) is 2.08. The number of nitrogens with zero attached hydrogens (tertiary/aromatic N) is 1. The van der Waals surface area contributed by atoms with Crippen molar-refractivity contribution in [2.24, 2.45) is 0 Å². The molecule has 0 radical (unpaired) electrons. The second kappa shape index (κ2) is 5.45. The van der Waals surface area contributed by atoms with Crippen LogP contribution in [0.3, 0.4) is 0 Å². The summed E-state index contributed by atoms with van der Waals surface area (Å²) in [5.74, 6) is -0.733. The average Bonchev–Trinajstić information content (AvgIpc) is 2.66. The molecule has 1 heterocycles. The van der Waals surface area contributed by atoms with Gasteiger partial charge >= 0.3 is 11.9 Å². The van der Waals surface area contributed by atoms with Crippen molar-refractivity contribution in [1.82, 2.24) is 0 Å². The van der Waals surface area contributed by atoms with E-state index in [9.17, 15) is 14.9 Å². The van der Waals surface area contributed by atoms with Crippen LogP contribution in [-0.4, -0.2) is 17.5 Å². The number of ether oxygens (including phenoxy) is 1. The van der Waals surface area contributed by atoms with E-state index < -0.39 is 10.9 Å². The van der Waals surface area contributed by atoms with Crippen molar-refractivity contribution in [3.8, 4) is 0 Å². The van der Waals surface area contributed by atoms with E-state index in [1.54, 1.807) is 6.92 Å². The average molecular weight is 290 g/mol. The number of rotatable bonds is 4. The Morgan fingerprint density at radius 1 is 1.69 bits per heavy atom. The molecule has 0 aliphatic heterocycles. The zero-order valence-corrected chi connectivity index (χ0v) is 9.89. The van der Waals surface area contributed by atoms with E-state index in [2.05, 4.69) is 15.9 Å². The van der Waals surface area contributed by atoms with Gasteiger partial charge in [0.1, 0.15) is 15.2 Å². The fourth-order valence-corrected chi connectivity index (χ4v) is 1.24. The van der Waals surface area contributed by atoms with Gasteiger partial charge in [0.25, 0.3) is 0 Å². The fraction of sp³-hybridized carbons (Fsp3) is 0.222. The summed E-state index contributed by atoms with van der Waals surface area (Å²) in [5.41, 5.74) is 0. The molecule has 0 N–H and O–H groups in total. The Balaban J connectivity index is 2.81. The van der Waals surface area contributed by atoms with Crippen LogP contribution in [0.2, 0.25) is 0 Å². The molecular weight excluding hydrogens is 282 g/mol. The first-order valence-corrected chi connectivity index (χ1v) is 5.12. The highest BCUT2D eigenvalue weighted by molar-refractivity contribution is 9.12. The summed E-state index contributed by atoms with van der Waals surface area (Å²) >= 11 is 2.98. The van der Waals surface area contributed by atoms with Crippen LogP contribution in [0.1, 0.15) is 12.7 Å². The molecule has 0 aliphatic rings. The molecule has 0 spiro atoms. The number of nitro groups is 1. The maximum Gasteiger partial charge on any atom is 0.433 e. The second-order valence-corrected chi connectivity index (χ2v) is 3.50. The normalized spacial score (nSPS) is 11.2. The maximum absolute atomic E-state index is 11.2. The van der Waals surface area contributed by atoms with Crippen LogP contribution in [0, 0.1) is 10.1 Å². The number of carbonyl (C=O) groups excluding carboxylic acids is 1. The summed E-state index contributed by atoms with van der Waals surface area (Å²) in [5, 5.41) is 10.3. The lowest BCUT2D eigenvalue weighted by atomic mass is 10.4. The van der Waals surface area contributed by atoms with Gasteiger partial charge in [0.15, 0.2) is 0 Å². The van der Waals surface area contributed by atoms with Crippen molar-refractivity contribution < 1.29 is 18.9 Å². The molecule has 6 nitrogen and oxygen atoms in total. The van der Waals surface area contributed by atoms with E-state index in [0.717, 1.165) is 0 Å². The summed E-state index contributed by atoms with van der Waals surface area (Å²) in [6, 6.07) is 2.59. The van der Waals surface area contributed by atoms with Crippen LogP contribution in [0.15, 0.2) is 21.0 Å². The quantitative estimate of drug-likeness (QED) is 0.368. The van der Waals surface area contributed by atoms with E-state index in [1.807, 2.05) is 0 Å². The number of hydrogen-bond acceptors (Lipinski definition) is 5. The highest BCUT2D eigenvalue weighted by Crippen LogP contribution is 2.20. The molecule has 16 heavy (non-hydrogen) atoms. The summed E-state index contributed by atoms with van der Waals surface area (Å²) in [6.45, 7) is 1.93. The molecule has 0 atom stereocenters. The van der Waals surface area contributed by atoms with Crippen LogP contribution >= 0.6 is 15.9 Å². The van der Waals surface area contributed by atoms with Crippen molar-refractivity contribution in [2.45, 2.75) is 6.92 Å². The summed E-state index contributed by atoms with van der Waals surface area (Å²) < 4.78 is 9.67. The molecule has 0 aliphatic carbocycles. The highest BCUT2D eigenvalue weighted by Gasteiger charge is 2.12. The molecular formula is C9H8BrNO5. The Kier molecular flexibility index (Phi) is 4.24. The van der Waals surface area contributed by atoms with E-state index in [4.69, 9.17) is 9.15 Å². The van der Waals surface area contributed by atoms with Crippen molar-refractivity contribution in [2.75, 3.05) is 6.61 Å². The lowest BCUT2D eigenvalue weighted by molar-refractivity contribution is -0.402. The Morgan fingerprint density at radius 3 is 2.88 bits per heavy atom. The smallest absolute Gasteiger partial charge is 0.433 e. The van der Waals surface area contributed by atoms with Gasteiger partial charge in [-0.1, -0.05) is 0 Å². The third kappa shape index (κ3) is 3.20. The summed E-state index contributed by atoms with van der Waals surface area (Å²) in [6.07, 6.45) is 1.31. The molecule has 0 bridgehead atoms. The molecule has 0 fully saturated rings. The molecule has 1 rings (SSSR count). The lowest BCUT2D eigenvalue weighted by Gasteiger charge is -1.98. The lowest BCUT2D eigenvalue weighted by Crippen LogP contribution is -2.02. The summed E-state index contributed by atoms with van der Waals surface area (Å²) in [4.78, 5) is 20.8. The minimum Gasteiger partial charge on any atom is -0.462 e. The molecule has 0 unspecified atom stereocenters. The van der Waals surface area contributed by atoms with Crippen molar-refractivity contribution >= 4 is 33.9 Å². The first kappa shape index (κ1) is 12.4. The van der Waals surface area contributed by atoms with E-state index in [0.29, 0.717) is 0 Å². The monoisotopic (exact) mass is 289 g/mol. The van der Waals surface area contributed by atoms with Crippen LogP contribution in [0.4, 0.5) is 5.88 Å². The van der Waals surface area contributed by atoms with E-state index in [-0.39, 0.29) is 22.7 Å². The number of halogens is 1. The first-order chi connectivity index (χ1) is 7.54. The Labute approximate surface area is 99.2 Å². The maximum atomic E-state index is 11.2. The molecule has 1 aromatic rings. The van der Waals surface area contributed by atoms with Crippen LogP contribution in [0.5, 0.6) is 0 Å². The van der Waals surface area contributed by atoms with Gasteiger partial charge in [-0.25, -0.2) is 4.79 Å². The van der Waals surface area contributed by atoms with Crippen LogP contribution in [-0.2, 0) is 9.53 Å². The zero-order valence-electron chi connectivity index (χ0n) is 8.31. The molecule has 0 aromatic carbocycles. The van der Waals surface area contributed by atoms with Crippen molar-refractivity contribution in [1.29, 1.82) is 0 Å². The Hall–Kier alpha value is -1.63. The molecule has 86 valence electrons. The van der Waals surface area contributed by atoms with Crippen molar-refractivity contribution in [3.05, 3.63) is 32.5 Å². The minimum atomic E-state index is -0.657. The highest BCUT2D eigenvalue weighted by atomic mass is 79.9. The van der Waals surface area contributed by atoms with Crippen LogP contribution in [0.25, 0.3) is 6.08 Å². The van der Waals surface area contributed by atoms with Gasteiger partial charge in [-0.3, -0.25) is 10.1 Å². The number of esters is 1. The van der Waals surface area contributed by atoms with Gasteiger partial charge < -0.3 is 9.15 Å². The standard InChI is InChI=1S/C9H8BrNO5/c1-2-15-9(12)7(10)5-6-3-4-8(16-6)11(13)14/h3-5H,2H2,1H3. The molecule has 0 saturated carbocycles. The van der Waals surface area contributed by atoms with Gasteiger partial charge in [0.2, 0.25) is 0 Å². The Bertz CT molecular complexity index is 437. The molecule has 7 heteroatoms. The van der Waals surface area contributed by atoms with Gasteiger partial charge in [-0.05, 0) is 28.9 Å². The zero-order chi connectivity index (χ0) is 12.1. The predicted molar refractivity (Wildman–Crippen MR) is 58.9 cm³/mol. The molecule has 0 saturated heterocycles. The Morgan fingerprint density at radius 2 is 2.38 bits per heavy atom. The van der Waals surface area contributed by atoms with Gasteiger partial charge in [0, 0.05) is 6.08 Å². The van der Waals surface area contributed by atoms with E-state index in [1.165, 1.54) is 18.2 Å². The molecule has 1 aromatic heterocycles.